The number of aromatic nitrogens is 2. The minimum absolute atomic E-state index is 0.0173. The molecule has 3 saturated carbocycles. The van der Waals surface area contributed by atoms with E-state index in [-0.39, 0.29) is 11.3 Å². The van der Waals surface area contributed by atoms with Gasteiger partial charge in [-0.3, -0.25) is 9.59 Å². The number of nitrogens with zero attached hydrogens (tertiary/aromatic N) is 3. The van der Waals surface area contributed by atoms with Gasteiger partial charge in [0, 0.05) is 35.1 Å². The zero-order valence-electron chi connectivity index (χ0n) is 19.1. The van der Waals surface area contributed by atoms with E-state index in [1.807, 2.05) is 23.2 Å². The van der Waals surface area contributed by atoms with E-state index in [9.17, 15) is 14.7 Å². The van der Waals surface area contributed by atoms with Crippen molar-refractivity contribution in [2.45, 2.75) is 64.5 Å². The molecule has 4 aliphatic rings. The molecule has 3 aromatic rings. The highest BCUT2D eigenvalue weighted by Crippen LogP contribution is 2.58. The second kappa shape index (κ2) is 8.09. The van der Waals surface area contributed by atoms with Crippen molar-refractivity contribution in [2.75, 3.05) is 6.54 Å². The smallest absolute Gasteiger partial charge is 0.309 e. The van der Waals surface area contributed by atoms with E-state index in [0.717, 1.165) is 42.2 Å². The van der Waals surface area contributed by atoms with Crippen molar-refractivity contribution in [3.8, 4) is 0 Å². The van der Waals surface area contributed by atoms with Gasteiger partial charge in [-0.2, -0.15) is 0 Å². The molecule has 7 rings (SSSR count). The first-order valence-corrected chi connectivity index (χ1v) is 13.3. The number of halogens is 1. The van der Waals surface area contributed by atoms with Crippen LogP contribution in [0.2, 0.25) is 4.34 Å². The standard InChI is InChI=1S/C26H28ClN3O3S/c27-21-4-3-17(34-21)15-30-20-16-29(13-5-18(20)19-2-1-12-28-23(19)30)22(31)14-25-6-9-26(10-7-25,11-8-25)24(32)33/h1-4,12H,5-11,13-16H2,(H,32,33). The molecule has 2 bridgehead atoms. The normalized spacial score (nSPS) is 26.1. The summed E-state index contributed by atoms with van der Waals surface area (Å²) >= 11 is 7.76. The third kappa shape index (κ3) is 3.55. The number of hydrogen-bond donors (Lipinski definition) is 1. The quantitative estimate of drug-likeness (QED) is 0.505. The van der Waals surface area contributed by atoms with Crippen LogP contribution in [0.4, 0.5) is 0 Å². The van der Waals surface area contributed by atoms with Crippen LogP contribution in [0.15, 0.2) is 30.5 Å². The fourth-order valence-corrected chi connectivity index (χ4v) is 7.59. The maximum absolute atomic E-state index is 13.5. The predicted molar refractivity (Wildman–Crippen MR) is 132 cm³/mol. The third-order valence-corrected chi connectivity index (χ3v) is 9.91. The van der Waals surface area contributed by atoms with Gasteiger partial charge in [-0.25, -0.2) is 4.98 Å². The van der Waals surface area contributed by atoms with Crippen LogP contribution in [-0.2, 0) is 29.1 Å². The molecule has 0 atom stereocenters. The molecule has 3 aromatic heterocycles. The molecule has 0 radical (unpaired) electrons. The Kier molecular flexibility index (Phi) is 5.26. The van der Waals surface area contributed by atoms with Gasteiger partial charge in [0.25, 0.3) is 0 Å². The molecule has 3 aliphatic carbocycles. The number of fused-ring (bicyclic) bond motifs is 6. The Morgan fingerprint density at radius 3 is 2.56 bits per heavy atom. The minimum atomic E-state index is -0.649. The summed E-state index contributed by atoms with van der Waals surface area (Å²) in [7, 11) is 0. The van der Waals surface area contributed by atoms with E-state index in [1.54, 1.807) is 11.3 Å². The molecule has 6 nitrogen and oxygen atoms in total. The highest BCUT2D eigenvalue weighted by Gasteiger charge is 2.53. The van der Waals surface area contributed by atoms with Crippen LogP contribution in [0.5, 0.6) is 0 Å². The van der Waals surface area contributed by atoms with Crippen LogP contribution in [-0.4, -0.2) is 38.0 Å². The molecule has 1 aliphatic heterocycles. The largest absolute Gasteiger partial charge is 0.481 e. The lowest BCUT2D eigenvalue weighted by Gasteiger charge is -2.51. The van der Waals surface area contributed by atoms with Crippen molar-refractivity contribution in [3.63, 3.8) is 0 Å². The number of carboxylic acid groups (broad SMARTS) is 1. The molecule has 0 aromatic carbocycles. The van der Waals surface area contributed by atoms with Crippen molar-refractivity contribution in [1.29, 1.82) is 0 Å². The SMILES string of the molecule is O=C(CC12CCC(C(=O)O)(CC1)CC2)N1CCc2c(n(Cc3ccc(Cl)s3)c3ncccc23)C1. The van der Waals surface area contributed by atoms with Gasteiger partial charge in [0.05, 0.1) is 22.8 Å². The molecule has 34 heavy (non-hydrogen) atoms. The lowest BCUT2D eigenvalue weighted by molar-refractivity contribution is -0.160. The first-order chi connectivity index (χ1) is 16.4. The van der Waals surface area contributed by atoms with Gasteiger partial charge in [0.1, 0.15) is 5.65 Å². The highest BCUT2D eigenvalue weighted by atomic mass is 35.5. The predicted octanol–water partition coefficient (Wildman–Crippen LogP) is 5.50. The summed E-state index contributed by atoms with van der Waals surface area (Å²) in [6.07, 6.45) is 7.90. The number of carbonyl (C=O) groups is 2. The summed E-state index contributed by atoms with van der Waals surface area (Å²) in [6, 6.07) is 8.10. The van der Waals surface area contributed by atoms with Crippen molar-refractivity contribution in [2.24, 2.45) is 10.8 Å². The summed E-state index contributed by atoms with van der Waals surface area (Å²) in [4.78, 5) is 33.2. The van der Waals surface area contributed by atoms with Crippen molar-refractivity contribution in [3.05, 3.63) is 50.9 Å². The zero-order valence-corrected chi connectivity index (χ0v) is 20.6. The molecule has 1 amide bonds. The Bertz CT molecular complexity index is 1270. The molecule has 0 saturated heterocycles. The van der Waals surface area contributed by atoms with Crippen LogP contribution >= 0.6 is 22.9 Å². The van der Waals surface area contributed by atoms with Gasteiger partial charge in [0.15, 0.2) is 0 Å². The number of thiophene rings is 1. The summed E-state index contributed by atoms with van der Waals surface area (Å²) in [5.41, 5.74) is 2.89. The summed E-state index contributed by atoms with van der Waals surface area (Å²) in [6.45, 7) is 2.02. The number of hydrogen-bond acceptors (Lipinski definition) is 4. The monoisotopic (exact) mass is 497 g/mol. The van der Waals surface area contributed by atoms with E-state index in [4.69, 9.17) is 11.6 Å². The Balaban J connectivity index is 1.24. The highest BCUT2D eigenvalue weighted by molar-refractivity contribution is 7.16. The Labute approximate surface area is 207 Å². The van der Waals surface area contributed by atoms with E-state index in [1.165, 1.54) is 21.5 Å². The second-order valence-corrected chi connectivity index (χ2v) is 12.2. The molecular formula is C26H28ClN3O3S. The van der Waals surface area contributed by atoms with Gasteiger partial charge in [-0.05, 0) is 80.2 Å². The van der Waals surface area contributed by atoms with Crippen LogP contribution in [0, 0.1) is 10.8 Å². The molecule has 3 fully saturated rings. The minimum Gasteiger partial charge on any atom is -0.481 e. The van der Waals surface area contributed by atoms with Gasteiger partial charge < -0.3 is 14.6 Å². The van der Waals surface area contributed by atoms with E-state index < -0.39 is 11.4 Å². The van der Waals surface area contributed by atoms with Gasteiger partial charge in [0.2, 0.25) is 5.91 Å². The van der Waals surface area contributed by atoms with Gasteiger partial charge in [-0.1, -0.05) is 11.6 Å². The molecule has 0 unspecified atom stereocenters. The number of aliphatic carboxylic acids is 1. The maximum atomic E-state index is 13.5. The Morgan fingerprint density at radius 1 is 1.12 bits per heavy atom. The molecular weight excluding hydrogens is 470 g/mol. The Morgan fingerprint density at radius 2 is 1.88 bits per heavy atom. The van der Waals surface area contributed by atoms with Gasteiger partial charge >= 0.3 is 5.97 Å². The van der Waals surface area contributed by atoms with Crippen LogP contribution in [0.3, 0.4) is 0 Å². The molecule has 1 N–H and O–H groups in total. The lowest BCUT2D eigenvalue weighted by atomic mass is 9.53. The van der Waals surface area contributed by atoms with Crippen LogP contribution in [0.1, 0.15) is 61.1 Å². The van der Waals surface area contributed by atoms with Crippen molar-refractivity contribution in [1.82, 2.24) is 14.5 Å². The van der Waals surface area contributed by atoms with E-state index in [2.05, 4.69) is 21.7 Å². The van der Waals surface area contributed by atoms with Crippen molar-refractivity contribution < 1.29 is 14.7 Å². The number of carbonyl (C=O) groups excluding carboxylic acids is 1. The van der Waals surface area contributed by atoms with Crippen molar-refractivity contribution >= 4 is 45.8 Å². The molecule has 178 valence electrons. The fraction of sp³-hybridized carbons (Fsp3) is 0.500. The topological polar surface area (TPSA) is 75.4 Å². The average Bonchev–Trinajstić information content (AvgIpc) is 3.41. The maximum Gasteiger partial charge on any atom is 0.309 e. The second-order valence-electron chi connectivity index (χ2n) is 10.4. The first kappa shape index (κ1) is 22.1. The molecule has 4 heterocycles. The van der Waals surface area contributed by atoms with E-state index >= 15 is 0 Å². The van der Waals surface area contributed by atoms with Crippen LogP contribution < -0.4 is 0 Å². The first-order valence-electron chi connectivity index (χ1n) is 12.1. The zero-order chi connectivity index (χ0) is 23.5. The lowest BCUT2D eigenvalue weighted by Crippen LogP contribution is -2.48. The van der Waals surface area contributed by atoms with Crippen LogP contribution in [0.25, 0.3) is 11.0 Å². The summed E-state index contributed by atoms with van der Waals surface area (Å²) in [5, 5.41) is 10.9. The Hall–Kier alpha value is -2.38. The number of amides is 1. The number of rotatable bonds is 5. The molecule has 0 spiro atoms. The van der Waals surface area contributed by atoms with Gasteiger partial charge in [-0.15, -0.1) is 11.3 Å². The fourth-order valence-electron chi connectivity index (χ4n) is 6.52. The van der Waals surface area contributed by atoms with E-state index in [0.29, 0.717) is 38.8 Å². The average molecular weight is 498 g/mol. The number of pyridine rings is 1. The third-order valence-electron chi connectivity index (χ3n) is 8.69. The molecule has 8 heteroatoms. The number of carboxylic acids is 1. The summed E-state index contributed by atoms with van der Waals surface area (Å²) in [5.74, 6) is -0.441. The summed E-state index contributed by atoms with van der Waals surface area (Å²) < 4.78 is 3.03.